The van der Waals surface area contributed by atoms with E-state index in [9.17, 15) is 9.59 Å². The predicted octanol–water partition coefficient (Wildman–Crippen LogP) is 1.72. The molecule has 26 heavy (non-hydrogen) atoms. The van der Waals surface area contributed by atoms with Crippen LogP contribution in [-0.4, -0.2) is 54.4 Å². The number of hydrogen-bond acceptors (Lipinski definition) is 4. The zero-order valence-electron chi connectivity index (χ0n) is 15.5. The van der Waals surface area contributed by atoms with Crippen LogP contribution in [0.3, 0.4) is 0 Å². The van der Waals surface area contributed by atoms with Gasteiger partial charge in [0.05, 0.1) is 19.3 Å². The number of carbonyl (C=O) groups is 2. The first-order valence-electron chi connectivity index (χ1n) is 8.36. The number of urea groups is 1. The van der Waals surface area contributed by atoms with Crippen molar-refractivity contribution in [3.05, 3.63) is 42.2 Å². The molecule has 1 aromatic carbocycles. The Morgan fingerprint density at radius 1 is 1.35 bits per heavy atom. The molecule has 1 aromatic heterocycles. The first-order valence-corrected chi connectivity index (χ1v) is 8.36. The lowest BCUT2D eigenvalue weighted by Crippen LogP contribution is -2.40. The second kappa shape index (κ2) is 8.89. The average Bonchev–Trinajstić information content (AvgIpc) is 3.15. The normalized spacial score (nSPS) is 11.5. The van der Waals surface area contributed by atoms with E-state index in [1.807, 2.05) is 37.4 Å². The van der Waals surface area contributed by atoms with Gasteiger partial charge in [-0.25, -0.2) is 9.48 Å². The summed E-state index contributed by atoms with van der Waals surface area (Å²) in [5.41, 5.74) is 1.69. The molecule has 0 aliphatic carbocycles. The summed E-state index contributed by atoms with van der Waals surface area (Å²) in [4.78, 5) is 25.0. The van der Waals surface area contributed by atoms with E-state index in [0.29, 0.717) is 12.3 Å². The van der Waals surface area contributed by atoms with Crippen molar-refractivity contribution in [3.8, 4) is 11.4 Å². The van der Waals surface area contributed by atoms with Crippen LogP contribution in [0.1, 0.15) is 24.9 Å². The third-order valence-electron chi connectivity index (χ3n) is 4.07. The van der Waals surface area contributed by atoms with Crippen LogP contribution in [0.4, 0.5) is 4.79 Å². The van der Waals surface area contributed by atoms with Gasteiger partial charge < -0.3 is 20.3 Å². The average molecular weight is 359 g/mol. The molecule has 2 N–H and O–H groups in total. The Morgan fingerprint density at radius 3 is 2.77 bits per heavy atom. The molecular formula is C18H25N5O3. The van der Waals surface area contributed by atoms with Crippen molar-refractivity contribution in [1.29, 1.82) is 0 Å². The minimum Gasteiger partial charge on any atom is -0.494 e. The van der Waals surface area contributed by atoms with Gasteiger partial charge in [-0.05, 0) is 19.1 Å². The lowest BCUT2D eigenvalue weighted by Gasteiger charge is -2.20. The van der Waals surface area contributed by atoms with Gasteiger partial charge in [0.1, 0.15) is 11.4 Å². The van der Waals surface area contributed by atoms with E-state index < -0.39 is 0 Å². The molecule has 8 nitrogen and oxygen atoms in total. The minimum absolute atomic E-state index is 0.101. The zero-order chi connectivity index (χ0) is 19.1. The maximum Gasteiger partial charge on any atom is 0.317 e. The summed E-state index contributed by atoms with van der Waals surface area (Å²) in [6, 6.07) is 7.10. The molecule has 8 heteroatoms. The molecule has 0 fully saturated rings. The summed E-state index contributed by atoms with van der Waals surface area (Å²) < 4.78 is 7.07. The lowest BCUT2D eigenvalue weighted by molar-refractivity contribution is -0.120. The van der Waals surface area contributed by atoms with Gasteiger partial charge >= 0.3 is 6.03 Å². The van der Waals surface area contributed by atoms with Crippen LogP contribution in [-0.2, 0) is 4.79 Å². The third kappa shape index (κ3) is 4.75. The molecule has 0 aliphatic heterocycles. The fourth-order valence-electron chi connectivity index (χ4n) is 2.39. The summed E-state index contributed by atoms with van der Waals surface area (Å²) in [7, 11) is 4.84. The molecular weight excluding hydrogens is 334 g/mol. The van der Waals surface area contributed by atoms with Crippen LogP contribution in [0.25, 0.3) is 5.69 Å². The fraction of sp³-hybridized carbons (Fsp3) is 0.389. The Kier molecular flexibility index (Phi) is 6.60. The van der Waals surface area contributed by atoms with Gasteiger partial charge in [0, 0.05) is 38.8 Å². The number of methoxy groups -OCH3 is 1. The van der Waals surface area contributed by atoms with Crippen molar-refractivity contribution in [1.82, 2.24) is 25.3 Å². The SMILES string of the molecule is CNC(=O)CCN(C)C(=O)N[C@@H](C)c1cnn(-c2ccccc2OC)c1. The van der Waals surface area contributed by atoms with Gasteiger partial charge in [0.25, 0.3) is 0 Å². The second-order valence-electron chi connectivity index (χ2n) is 5.91. The highest BCUT2D eigenvalue weighted by atomic mass is 16.5. The van der Waals surface area contributed by atoms with Crippen molar-refractivity contribution in [2.24, 2.45) is 0 Å². The smallest absolute Gasteiger partial charge is 0.317 e. The molecule has 0 spiro atoms. The molecule has 2 aromatic rings. The van der Waals surface area contributed by atoms with Gasteiger partial charge in [0.15, 0.2) is 0 Å². The molecule has 0 aliphatic rings. The van der Waals surface area contributed by atoms with Crippen molar-refractivity contribution < 1.29 is 14.3 Å². The lowest BCUT2D eigenvalue weighted by atomic mass is 10.2. The summed E-state index contributed by atoms with van der Waals surface area (Å²) >= 11 is 0. The summed E-state index contributed by atoms with van der Waals surface area (Å²) in [6.45, 7) is 2.23. The van der Waals surface area contributed by atoms with E-state index in [2.05, 4.69) is 15.7 Å². The molecule has 0 bridgehead atoms. The number of amides is 3. The highest BCUT2D eigenvalue weighted by Gasteiger charge is 2.16. The topological polar surface area (TPSA) is 88.5 Å². The van der Waals surface area contributed by atoms with E-state index in [4.69, 9.17) is 4.74 Å². The van der Waals surface area contributed by atoms with Crippen LogP contribution in [0.2, 0.25) is 0 Å². The number of rotatable bonds is 7. The number of carbonyl (C=O) groups excluding carboxylic acids is 2. The number of aromatic nitrogens is 2. The maximum atomic E-state index is 12.2. The molecule has 0 saturated carbocycles. The molecule has 2 rings (SSSR count). The Bertz CT molecular complexity index is 759. The van der Waals surface area contributed by atoms with Crippen molar-refractivity contribution in [2.45, 2.75) is 19.4 Å². The Labute approximate surface area is 153 Å². The Balaban J connectivity index is 2.00. The fourth-order valence-corrected chi connectivity index (χ4v) is 2.39. The highest BCUT2D eigenvalue weighted by Crippen LogP contribution is 2.23. The molecule has 140 valence electrons. The number of nitrogens with one attached hydrogen (secondary N) is 2. The number of para-hydroxylation sites is 2. The highest BCUT2D eigenvalue weighted by molar-refractivity contribution is 5.78. The summed E-state index contributed by atoms with van der Waals surface area (Å²) in [5, 5.41) is 9.79. The zero-order valence-corrected chi connectivity index (χ0v) is 15.5. The van der Waals surface area contributed by atoms with Crippen LogP contribution in [0.15, 0.2) is 36.7 Å². The Hall–Kier alpha value is -3.03. The molecule has 3 amide bonds. The van der Waals surface area contributed by atoms with Gasteiger partial charge in [-0.15, -0.1) is 0 Å². The molecule has 0 unspecified atom stereocenters. The van der Waals surface area contributed by atoms with Crippen molar-refractivity contribution in [3.63, 3.8) is 0 Å². The number of hydrogen-bond donors (Lipinski definition) is 2. The van der Waals surface area contributed by atoms with Crippen molar-refractivity contribution in [2.75, 3.05) is 27.7 Å². The molecule has 1 atom stereocenters. The largest absolute Gasteiger partial charge is 0.494 e. The third-order valence-corrected chi connectivity index (χ3v) is 4.07. The predicted molar refractivity (Wildman–Crippen MR) is 98.4 cm³/mol. The standard InChI is InChI=1S/C18H25N5O3/c1-13(21-18(25)22(3)10-9-17(24)19-2)14-11-20-23(12-14)15-7-5-6-8-16(15)26-4/h5-8,11-13H,9-10H2,1-4H3,(H,19,24)(H,21,25)/t13-/m0/s1. The monoisotopic (exact) mass is 359 g/mol. The summed E-state index contributed by atoms with van der Waals surface area (Å²) in [6.07, 6.45) is 3.83. The van der Waals surface area contributed by atoms with E-state index in [1.165, 1.54) is 4.90 Å². The van der Waals surface area contributed by atoms with Crippen LogP contribution in [0.5, 0.6) is 5.75 Å². The van der Waals surface area contributed by atoms with Crippen molar-refractivity contribution >= 4 is 11.9 Å². The van der Waals surface area contributed by atoms with E-state index in [0.717, 1.165) is 11.3 Å². The maximum absolute atomic E-state index is 12.2. The molecule has 1 heterocycles. The van der Waals surface area contributed by atoms with Gasteiger partial charge in [-0.3, -0.25) is 4.79 Å². The van der Waals surface area contributed by atoms with Gasteiger partial charge in [0.2, 0.25) is 5.91 Å². The van der Waals surface area contributed by atoms with Crippen LogP contribution < -0.4 is 15.4 Å². The number of nitrogens with zero attached hydrogens (tertiary/aromatic N) is 3. The van der Waals surface area contributed by atoms with E-state index in [-0.39, 0.29) is 24.4 Å². The number of benzene rings is 1. The van der Waals surface area contributed by atoms with E-state index >= 15 is 0 Å². The quantitative estimate of drug-likeness (QED) is 0.788. The van der Waals surface area contributed by atoms with E-state index in [1.54, 1.807) is 32.1 Å². The van der Waals surface area contributed by atoms with Crippen LogP contribution >= 0.6 is 0 Å². The first-order chi connectivity index (χ1) is 12.5. The first kappa shape index (κ1) is 19.3. The Morgan fingerprint density at radius 2 is 2.08 bits per heavy atom. The van der Waals surface area contributed by atoms with Crippen LogP contribution in [0, 0.1) is 0 Å². The molecule has 0 radical (unpaired) electrons. The second-order valence-corrected chi connectivity index (χ2v) is 5.91. The summed E-state index contributed by atoms with van der Waals surface area (Å²) in [5.74, 6) is 0.614. The number of ether oxygens (including phenoxy) is 1. The minimum atomic E-state index is -0.244. The molecule has 0 saturated heterocycles. The van der Waals surface area contributed by atoms with Gasteiger partial charge in [-0.1, -0.05) is 12.1 Å². The van der Waals surface area contributed by atoms with Gasteiger partial charge in [-0.2, -0.15) is 5.10 Å².